The topological polar surface area (TPSA) is 12.0 Å². The normalized spacial score (nSPS) is 17.4. The molecule has 1 nitrogen and oxygen atoms in total. The lowest BCUT2D eigenvalue weighted by molar-refractivity contribution is 0.685. The third-order valence-corrected chi connectivity index (χ3v) is 2.97. The Kier molecular flexibility index (Phi) is 3.82. The van der Waals surface area contributed by atoms with Gasteiger partial charge in [0.25, 0.3) is 0 Å². The van der Waals surface area contributed by atoms with Crippen LogP contribution in [0.15, 0.2) is 34.1 Å². The van der Waals surface area contributed by atoms with Crippen LogP contribution in [0.1, 0.15) is 20.3 Å². The summed E-state index contributed by atoms with van der Waals surface area (Å²) in [4.78, 5) is 2.26. The summed E-state index contributed by atoms with van der Waals surface area (Å²) >= 11 is 1.68. The molecule has 0 bridgehead atoms. The fourth-order valence-electron chi connectivity index (χ4n) is 1.40. The molecule has 0 aromatic carbocycles. The first-order chi connectivity index (χ1) is 6.11. The molecule has 0 saturated carbocycles. The van der Waals surface area contributed by atoms with Gasteiger partial charge >= 0.3 is 0 Å². The maximum Gasteiger partial charge on any atom is 0.0216 e. The van der Waals surface area contributed by atoms with Crippen LogP contribution in [0.2, 0.25) is 0 Å². The van der Waals surface area contributed by atoms with Crippen molar-refractivity contribution in [3.8, 4) is 0 Å². The molecule has 1 aliphatic heterocycles. The van der Waals surface area contributed by atoms with Crippen molar-refractivity contribution in [2.45, 2.75) is 20.3 Å². The fraction of sp³-hybridized carbons (Fsp3) is 0.455. The summed E-state index contributed by atoms with van der Waals surface area (Å²) in [5, 5.41) is 3.36. The lowest BCUT2D eigenvalue weighted by Gasteiger charge is -2.20. The Balaban J connectivity index is 2.69. The fourth-order valence-corrected chi connectivity index (χ4v) is 2.19. The zero-order chi connectivity index (χ0) is 9.84. The van der Waals surface area contributed by atoms with Gasteiger partial charge in [0.1, 0.15) is 0 Å². The van der Waals surface area contributed by atoms with Gasteiger partial charge < -0.3 is 5.32 Å². The molecule has 0 saturated heterocycles. The molecule has 13 heavy (non-hydrogen) atoms. The van der Waals surface area contributed by atoms with Gasteiger partial charge in [0, 0.05) is 11.4 Å². The highest BCUT2D eigenvalue weighted by molar-refractivity contribution is 8.06. The number of hydrogen-bond acceptors (Lipinski definition) is 2. The molecule has 0 aliphatic carbocycles. The SMILES string of the molecule is C=C(C)SC(=C)C1=C(C)CCNC1. The smallest absolute Gasteiger partial charge is 0.0216 e. The summed E-state index contributed by atoms with van der Waals surface area (Å²) in [5.74, 6) is 0. The van der Waals surface area contributed by atoms with Crippen molar-refractivity contribution in [2.24, 2.45) is 0 Å². The molecule has 1 aliphatic rings. The zero-order valence-electron chi connectivity index (χ0n) is 8.44. The minimum absolute atomic E-state index is 0.963. The highest BCUT2D eigenvalue weighted by Gasteiger charge is 2.11. The molecule has 2 heteroatoms. The Morgan fingerprint density at radius 3 is 2.69 bits per heavy atom. The predicted octanol–water partition coefficient (Wildman–Crippen LogP) is 3.08. The monoisotopic (exact) mass is 195 g/mol. The van der Waals surface area contributed by atoms with Crippen LogP contribution in [-0.4, -0.2) is 13.1 Å². The van der Waals surface area contributed by atoms with Crippen LogP contribution in [0.4, 0.5) is 0 Å². The van der Waals surface area contributed by atoms with E-state index in [9.17, 15) is 0 Å². The van der Waals surface area contributed by atoms with Crippen molar-refractivity contribution in [1.82, 2.24) is 5.32 Å². The molecule has 0 spiro atoms. The van der Waals surface area contributed by atoms with Gasteiger partial charge in [-0.3, -0.25) is 0 Å². The van der Waals surface area contributed by atoms with E-state index in [0.717, 1.165) is 29.3 Å². The molecule has 0 amide bonds. The summed E-state index contributed by atoms with van der Waals surface area (Å²) in [7, 11) is 0. The quantitative estimate of drug-likeness (QED) is 0.742. The molecular weight excluding hydrogens is 178 g/mol. The van der Waals surface area contributed by atoms with Crippen LogP contribution in [0.25, 0.3) is 0 Å². The van der Waals surface area contributed by atoms with Crippen molar-refractivity contribution in [2.75, 3.05) is 13.1 Å². The van der Waals surface area contributed by atoms with Crippen LogP contribution in [0.5, 0.6) is 0 Å². The van der Waals surface area contributed by atoms with Crippen molar-refractivity contribution >= 4 is 11.8 Å². The molecule has 0 fully saturated rings. The first-order valence-corrected chi connectivity index (χ1v) is 5.35. The Hall–Kier alpha value is -0.470. The summed E-state index contributed by atoms with van der Waals surface area (Å²) in [6.45, 7) is 14.2. The van der Waals surface area contributed by atoms with Crippen molar-refractivity contribution in [1.29, 1.82) is 0 Å². The molecule has 1 N–H and O–H groups in total. The number of hydrogen-bond donors (Lipinski definition) is 1. The van der Waals surface area contributed by atoms with Crippen LogP contribution in [0, 0.1) is 0 Å². The Morgan fingerprint density at radius 1 is 1.46 bits per heavy atom. The second kappa shape index (κ2) is 4.68. The molecule has 0 aromatic rings. The lowest BCUT2D eigenvalue weighted by Crippen LogP contribution is -2.24. The Labute approximate surface area is 85.0 Å². The van der Waals surface area contributed by atoms with Crippen molar-refractivity contribution in [3.05, 3.63) is 34.1 Å². The van der Waals surface area contributed by atoms with Crippen molar-refractivity contribution < 1.29 is 0 Å². The van der Waals surface area contributed by atoms with Gasteiger partial charge in [-0.25, -0.2) is 0 Å². The minimum atomic E-state index is 0.963. The van der Waals surface area contributed by atoms with Gasteiger partial charge in [0.15, 0.2) is 0 Å². The molecule has 0 aromatic heterocycles. The van der Waals surface area contributed by atoms with Gasteiger partial charge in [-0.1, -0.05) is 30.5 Å². The van der Waals surface area contributed by atoms with E-state index >= 15 is 0 Å². The van der Waals surface area contributed by atoms with E-state index in [4.69, 9.17) is 0 Å². The molecule has 1 heterocycles. The van der Waals surface area contributed by atoms with Crippen LogP contribution >= 0.6 is 11.8 Å². The summed E-state index contributed by atoms with van der Waals surface area (Å²) in [6, 6.07) is 0. The van der Waals surface area contributed by atoms with Crippen LogP contribution in [0.3, 0.4) is 0 Å². The van der Waals surface area contributed by atoms with E-state index in [0.29, 0.717) is 0 Å². The third-order valence-electron chi connectivity index (χ3n) is 2.13. The van der Waals surface area contributed by atoms with Crippen LogP contribution < -0.4 is 5.32 Å². The standard InChI is InChI=1S/C11H17NS/c1-8(2)13-10(4)11-7-12-6-5-9(11)3/h12H,1,4-7H2,2-3H3. The van der Waals surface area contributed by atoms with Gasteiger partial charge in [-0.15, -0.1) is 0 Å². The van der Waals surface area contributed by atoms with E-state index in [1.807, 2.05) is 6.92 Å². The van der Waals surface area contributed by atoms with Gasteiger partial charge in [0.2, 0.25) is 0 Å². The molecule has 0 radical (unpaired) electrons. The van der Waals surface area contributed by atoms with Gasteiger partial charge in [-0.05, 0) is 37.3 Å². The highest BCUT2D eigenvalue weighted by Crippen LogP contribution is 2.31. The second-order valence-electron chi connectivity index (χ2n) is 3.41. The molecular formula is C11H17NS. The molecule has 1 rings (SSSR count). The van der Waals surface area contributed by atoms with E-state index in [1.165, 1.54) is 11.1 Å². The van der Waals surface area contributed by atoms with Gasteiger partial charge in [0.05, 0.1) is 0 Å². The first-order valence-electron chi connectivity index (χ1n) is 4.53. The highest BCUT2D eigenvalue weighted by atomic mass is 32.2. The van der Waals surface area contributed by atoms with E-state index in [2.05, 4.69) is 25.4 Å². The van der Waals surface area contributed by atoms with E-state index in [-0.39, 0.29) is 0 Å². The van der Waals surface area contributed by atoms with Crippen LogP contribution in [-0.2, 0) is 0 Å². The minimum Gasteiger partial charge on any atom is -0.312 e. The predicted molar refractivity (Wildman–Crippen MR) is 61.7 cm³/mol. The third kappa shape index (κ3) is 3.05. The first kappa shape index (κ1) is 10.6. The molecule has 72 valence electrons. The average molecular weight is 195 g/mol. The zero-order valence-corrected chi connectivity index (χ0v) is 9.26. The number of rotatable bonds is 3. The maximum absolute atomic E-state index is 4.07. The summed E-state index contributed by atoms with van der Waals surface area (Å²) in [6.07, 6.45) is 1.14. The Morgan fingerprint density at radius 2 is 2.15 bits per heavy atom. The average Bonchev–Trinajstić information content (AvgIpc) is 2.03. The van der Waals surface area contributed by atoms with Crippen molar-refractivity contribution in [3.63, 3.8) is 0 Å². The Bertz CT molecular complexity index is 263. The van der Waals surface area contributed by atoms with E-state index in [1.54, 1.807) is 11.8 Å². The lowest BCUT2D eigenvalue weighted by atomic mass is 10.0. The van der Waals surface area contributed by atoms with Gasteiger partial charge in [-0.2, -0.15) is 0 Å². The molecule has 0 atom stereocenters. The molecule has 0 unspecified atom stereocenters. The summed E-state index contributed by atoms with van der Waals surface area (Å²) < 4.78 is 0. The number of thioether (sulfide) groups is 1. The largest absolute Gasteiger partial charge is 0.312 e. The maximum atomic E-state index is 4.07. The second-order valence-corrected chi connectivity index (χ2v) is 4.81. The number of nitrogens with one attached hydrogen (secondary N) is 1. The number of allylic oxidation sites excluding steroid dienone is 1. The van der Waals surface area contributed by atoms with E-state index < -0.39 is 0 Å². The summed E-state index contributed by atoms with van der Waals surface area (Å²) in [5.41, 5.74) is 2.84.